The Bertz CT molecular complexity index is 1580. The van der Waals surface area contributed by atoms with E-state index in [1.807, 2.05) is 22.8 Å². The Labute approximate surface area is 212 Å². The number of halogens is 2. The lowest BCUT2D eigenvalue weighted by Gasteiger charge is -2.38. The van der Waals surface area contributed by atoms with Gasteiger partial charge in [-0.2, -0.15) is 10.2 Å². The molecule has 2 bridgehead atoms. The number of piperidine rings is 1. The lowest BCUT2D eigenvalue weighted by atomic mass is 9.88. The summed E-state index contributed by atoms with van der Waals surface area (Å²) in [4.78, 5) is 11.6. The zero-order chi connectivity index (χ0) is 24.4. The minimum atomic E-state index is -0.511. The molecule has 0 aliphatic carbocycles. The molecule has 0 spiro atoms. The number of hydrogen-bond donors (Lipinski definition) is 1. The third-order valence-corrected chi connectivity index (χ3v) is 8.44. The average molecular weight is 502 g/mol. The molecular weight excluding hydrogens is 477 g/mol. The summed E-state index contributed by atoms with van der Waals surface area (Å²) in [6.45, 7) is 3.37. The zero-order valence-corrected chi connectivity index (χ0v) is 20.6. The summed E-state index contributed by atoms with van der Waals surface area (Å²) < 4.78 is 17.0. The number of rotatable bonds is 4. The van der Waals surface area contributed by atoms with Gasteiger partial charge in [-0.1, -0.05) is 18.5 Å². The first-order valence-corrected chi connectivity index (χ1v) is 12.9. The van der Waals surface area contributed by atoms with Gasteiger partial charge in [0.1, 0.15) is 16.5 Å². The number of nitrogens with one attached hydrogen (secondary N) is 1. The summed E-state index contributed by atoms with van der Waals surface area (Å²) in [6, 6.07) is 8.64. The molecule has 7 rings (SSSR count). The third-order valence-electron chi connectivity index (χ3n) is 8.07. The van der Waals surface area contributed by atoms with Crippen molar-refractivity contribution in [1.29, 1.82) is 0 Å². The standard InChI is InChI=1S/C27H25ClFN7/c1-2-35-17-3-4-18(35)12-16(11-17)22-7-10-31-27-23(25(34-36(22)27)15-5-8-30-9-6-15)19-13-21(29)24(28)26-20(19)14-32-33-26/h5-10,13-14,16-18H,2-4,11-12H2,1H3,(H,32,33). The highest BCUT2D eigenvalue weighted by Gasteiger charge is 2.41. The molecule has 0 amide bonds. The van der Waals surface area contributed by atoms with Crippen molar-refractivity contribution in [3.63, 3.8) is 0 Å². The van der Waals surface area contributed by atoms with Crippen LogP contribution in [0.2, 0.25) is 5.02 Å². The van der Waals surface area contributed by atoms with Crippen LogP contribution >= 0.6 is 11.6 Å². The van der Waals surface area contributed by atoms with E-state index in [1.165, 1.54) is 18.9 Å². The normalized spacial score (nSPS) is 22.1. The predicted octanol–water partition coefficient (Wildman–Crippen LogP) is 5.86. The van der Waals surface area contributed by atoms with E-state index in [9.17, 15) is 0 Å². The first-order chi connectivity index (χ1) is 17.6. The number of benzene rings is 1. The van der Waals surface area contributed by atoms with Crippen LogP contribution in [0.25, 0.3) is 38.9 Å². The number of hydrogen-bond acceptors (Lipinski definition) is 5. The van der Waals surface area contributed by atoms with Gasteiger partial charge in [-0.3, -0.25) is 15.0 Å². The SMILES string of the molecule is CCN1C2CCC1CC(c1ccnc3c(-c4cc(F)c(Cl)c5[nH]ncc45)c(-c4ccncc4)nn13)C2. The van der Waals surface area contributed by atoms with E-state index in [-0.39, 0.29) is 5.02 Å². The summed E-state index contributed by atoms with van der Waals surface area (Å²) >= 11 is 6.26. The molecule has 2 unspecified atom stereocenters. The lowest BCUT2D eigenvalue weighted by Crippen LogP contribution is -2.42. The van der Waals surface area contributed by atoms with E-state index in [2.05, 4.69) is 33.1 Å². The first-order valence-electron chi connectivity index (χ1n) is 12.5. The molecule has 4 aromatic heterocycles. The highest BCUT2D eigenvalue weighted by molar-refractivity contribution is 6.35. The van der Waals surface area contributed by atoms with Crippen molar-refractivity contribution in [2.24, 2.45) is 0 Å². The quantitative estimate of drug-likeness (QED) is 0.334. The van der Waals surface area contributed by atoms with Gasteiger partial charge in [-0.25, -0.2) is 13.9 Å². The monoisotopic (exact) mass is 501 g/mol. The molecule has 6 heterocycles. The molecule has 2 saturated heterocycles. The summed E-state index contributed by atoms with van der Waals surface area (Å²) in [5.41, 5.74) is 5.37. The van der Waals surface area contributed by atoms with E-state index >= 15 is 4.39 Å². The number of nitrogens with zero attached hydrogens (tertiary/aromatic N) is 6. The van der Waals surface area contributed by atoms with Crippen LogP contribution in [-0.2, 0) is 0 Å². The van der Waals surface area contributed by atoms with Crippen LogP contribution in [0, 0.1) is 5.82 Å². The van der Waals surface area contributed by atoms with Crippen LogP contribution < -0.4 is 0 Å². The largest absolute Gasteiger partial charge is 0.298 e. The highest BCUT2D eigenvalue weighted by Crippen LogP contribution is 2.45. The van der Waals surface area contributed by atoms with Crippen LogP contribution in [0.4, 0.5) is 4.39 Å². The van der Waals surface area contributed by atoms with Gasteiger partial charge in [0, 0.05) is 58.8 Å². The Balaban J connectivity index is 1.47. The lowest BCUT2D eigenvalue weighted by molar-refractivity contribution is 0.132. The minimum Gasteiger partial charge on any atom is -0.298 e. The minimum absolute atomic E-state index is 0.0278. The Morgan fingerprint density at radius 2 is 1.89 bits per heavy atom. The smallest absolute Gasteiger partial charge is 0.163 e. The summed E-state index contributed by atoms with van der Waals surface area (Å²) in [7, 11) is 0. The topological polar surface area (TPSA) is 75.0 Å². The maximum absolute atomic E-state index is 15.0. The summed E-state index contributed by atoms with van der Waals surface area (Å²) in [5, 5.41) is 12.9. The second-order valence-corrected chi connectivity index (χ2v) is 10.2. The van der Waals surface area contributed by atoms with Crippen molar-refractivity contribution in [3.05, 3.63) is 65.6 Å². The number of pyridine rings is 1. The first kappa shape index (κ1) is 21.9. The van der Waals surface area contributed by atoms with Crippen LogP contribution in [0.5, 0.6) is 0 Å². The fourth-order valence-electron chi connectivity index (χ4n) is 6.52. The molecule has 1 aromatic carbocycles. The summed E-state index contributed by atoms with van der Waals surface area (Å²) in [6.07, 6.45) is 11.8. The van der Waals surface area contributed by atoms with Crippen molar-refractivity contribution in [3.8, 4) is 22.4 Å². The van der Waals surface area contributed by atoms with Crippen molar-refractivity contribution in [1.82, 2.24) is 34.7 Å². The molecule has 7 nitrogen and oxygen atoms in total. The van der Waals surface area contributed by atoms with Gasteiger partial charge in [-0.05, 0) is 56.5 Å². The van der Waals surface area contributed by atoms with Gasteiger partial charge in [0.2, 0.25) is 0 Å². The number of aromatic amines is 1. The van der Waals surface area contributed by atoms with Crippen molar-refractivity contribution < 1.29 is 4.39 Å². The molecule has 1 N–H and O–H groups in total. The van der Waals surface area contributed by atoms with E-state index in [0.717, 1.165) is 47.3 Å². The van der Waals surface area contributed by atoms with Crippen LogP contribution in [0.1, 0.15) is 44.2 Å². The van der Waals surface area contributed by atoms with E-state index < -0.39 is 5.82 Å². The molecule has 5 aromatic rings. The molecule has 36 heavy (non-hydrogen) atoms. The van der Waals surface area contributed by atoms with Gasteiger partial charge >= 0.3 is 0 Å². The fourth-order valence-corrected chi connectivity index (χ4v) is 6.71. The molecule has 2 atom stereocenters. The van der Waals surface area contributed by atoms with Crippen molar-refractivity contribution in [2.45, 2.75) is 50.6 Å². The molecule has 2 aliphatic heterocycles. The Hall–Kier alpha value is -3.36. The average Bonchev–Trinajstić information content (AvgIpc) is 3.61. The van der Waals surface area contributed by atoms with Gasteiger partial charge in [0.15, 0.2) is 5.65 Å². The molecule has 9 heteroatoms. The molecular formula is C27H25ClFN7. The number of H-pyrrole nitrogens is 1. The van der Waals surface area contributed by atoms with Gasteiger partial charge in [-0.15, -0.1) is 0 Å². The number of fused-ring (bicyclic) bond motifs is 4. The fraction of sp³-hybridized carbons (Fsp3) is 0.333. The van der Waals surface area contributed by atoms with Gasteiger partial charge in [0.05, 0.1) is 17.3 Å². The second kappa shape index (κ2) is 8.35. The predicted molar refractivity (Wildman–Crippen MR) is 137 cm³/mol. The molecule has 182 valence electrons. The van der Waals surface area contributed by atoms with E-state index in [1.54, 1.807) is 18.6 Å². The zero-order valence-electron chi connectivity index (χ0n) is 19.8. The Morgan fingerprint density at radius 3 is 2.64 bits per heavy atom. The molecule has 2 aliphatic rings. The maximum Gasteiger partial charge on any atom is 0.163 e. The molecule has 2 fully saturated rings. The molecule has 0 saturated carbocycles. The highest BCUT2D eigenvalue weighted by atomic mass is 35.5. The second-order valence-electron chi connectivity index (χ2n) is 9.83. The van der Waals surface area contributed by atoms with E-state index in [4.69, 9.17) is 21.7 Å². The number of aromatic nitrogens is 6. The van der Waals surface area contributed by atoms with Gasteiger partial charge < -0.3 is 0 Å². The summed E-state index contributed by atoms with van der Waals surface area (Å²) in [5.74, 6) is -0.118. The third kappa shape index (κ3) is 3.21. The van der Waals surface area contributed by atoms with Crippen molar-refractivity contribution in [2.75, 3.05) is 6.54 Å². The van der Waals surface area contributed by atoms with Crippen LogP contribution in [0.3, 0.4) is 0 Å². The van der Waals surface area contributed by atoms with Crippen LogP contribution in [-0.4, -0.2) is 53.3 Å². The Kier molecular flexibility index (Phi) is 5.08. The van der Waals surface area contributed by atoms with Crippen LogP contribution in [0.15, 0.2) is 49.1 Å². The van der Waals surface area contributed by atoms with E-state index in [0.29, 0.717) is 34.7 Å². The van der Waals surface area contributed by atoms with Crippen molar-refractivity contribution >= 4 is 28.2 Å². The Morgan fingerprint density at radius 1 is 1.11 bits per heavy atom. The maximum atomic E-state index is 15.0. The molecule has 0 radical (unpaired) electrons. The van der Waals surface area contributed by atoms with Gasteiger partial charge in [0.25, 0.3) is 0 Å².